The van der Waals surface area contributed by atoms with Crippen molar-refractivity contribution in [3.05, 3.63) is 53.5 Å². The van der Waals surface area contributed by atoms with Gasteiger partial charge in [0.1, 0.15) is 12.0 Å². The summed E-state index contributed by atoms with van der Waals surface area (Å²) in [6.45, 7) is 4.01. The number of aromatic carboxylic acids is 1. The Kier molecular flexibility index (Phi) is 5.63. The van der Waals surface area contributed by atoms with E-state index in [0.29, 0.717) is 6.42 Å². The van der Waals surface area contributed by atoms with E-state index in [9.17, 15) is 9.59 Å². The van der Waals surface area contributed by atoms with Crippen LogP contribution in [-0.4, -0.2) is 30.1 Å². The van der Waals surface area contributed by atoms with E-state index in [1.165, 1.54) is 6.07 Å². The first-order chi connectivity index (χ1) is 11.4. The van der Waals surface area contributed by atoms with Gasteiger partial charge in [0.15, 0.2) is 5.76 Å². The lowest BCUT2D eigenvalue weighted by atomic mass is 9.95. The van der Waals surface area contributed by atoms with Crippen LogP contribution in [0.15, 0.2) is 41.0 Å². The summed E-state index contributed by atoms with van der Waals surface area (Å²) in [5.41, 5.74) is 0.940. The average Bonchev–Trinajstić information content (AvgIpc) is 3.05. The number of furan rings is 1. The smallest absolute Gasteiger partial charge is 0.338 e. The number of methoxy groups -OCH3 is 1. The Balaban J connectivity index is 2.13. The minimum atomic E-state index is -1.13. The number of hydrogen-bond donors (Lipinski definition) is 2. The number of para-hydroxylation sites is 1. The monoisotopic (exact) mass is 331 g/mol. The summed E-state index contributed by atoms with van der Waals surface area (Å²) in [4.78, 5) is 23.2. The van der Waals surface area contributed by atoms with Crippen molar-refractivity contribution in [3.63, 3.8) is 0 Å². The van der Waals surface area contributed by atoms with Gasteiger partial charge in [-0.3, -0.25) is 4.79 Å². The first-order valence-corrected chi connectivity index (χ1v) is 7.67. The molecule has 0 radical (unpaired) electrons. The SMILES string of the molecule is COc1ccccc1CC(NC(=O)c1cc(C(=O)O)co1)C(C)C. The predicted molar refractivity (Wildman–Crippen MR) is 88.5 cm³/mol. The van der Waals surface area contributed by atoms with Gasteiger partial charge in [-0.05, 0) is 24.0 Å². The molecule has 0 aliphatic carbocycles. The second-order valence-corrected chi connectivity index (χ2v) is 5.84. The van der Waals surface area contributed by atoms with Crippen LogP contribution in [0.2, 0.25) is 0 Å². The maximum atomic E-state index is 12.3. The highest BCUT2D eigenvalue weighted by molar-refractivity contribution is 5.95. The second-order valence-electron chi connectivity index (χ2n) is 5.84. The normalized spacial score (nSPS) is 12.0. The molecule has 0 saturated heterocycles. The number of amides is 1. The van der Waals surface area contributed by atoms with Crippen LogP contribution >= 0.6 is 0 Å². The number of hydrogen-bond acceptors (Lipinski definition) is 4. The largest absolute Gasteiger partial charge is 0.496 e. The molecule has 0 saturated carbocycles. The third kappa shape index (κ3) is 4.16. The van der Waals surface area contributed by atoms with Gasteiger partial charge in [-0.25, -0.2) is 4.79 Å². The molecule has 1 unspecified atom stereocenters. The Hall–Kier alpha value is -2.76. The van der Waals surface area contributed by atoms with Gasteiger partial charge in [-0.2, -0.15) is 0 Å². The molecule has 128 valence electrons. The van der Waals surface area contributed by atoms with E-state index in [0.717, 1.165) is 17.6 Å². The summed E-state index contributed by atoms with van der Waals surface area (Å²) in [6, 6.07) is 8.71. The minimum absolute atomic E-state index is 0.0157. The summed E-state index contributed by atoms with van der Waals surface area (Å²) in [6.07, 6.45) is 1.65. The topological polar surface area (TPSA) is 88.8 Å². The Morgan fingerprint density at radius 2 is 2.00 bits per heavy atom. The molecule has 24 heavy (non-hydrogen) atoms. The van der Waals surface area contributed by atoms with E-state index in [-0.39, 0.29) is 23.3 Å². The zero-order chi connectivity index (χ0) is 17.7. The van der Waals surface area contributed by atoms with Crippen LogP contribution in [-0.2, 0) is 6.42 Å². The molecule has 2 N–H and O–H groups in total. The summed E-state index contributed by atoms with van der Waals surface area (Å²) in [5.74, 6) is -0.641. The maximum absolute atomic E-state index is 12.3. The number of carbonyl (C=O) groups excluding carboxylic acids is 1. The van der Waals surface area contributed by atoms with Crippen LogP contribution in [0.1, 0.15) is 40.3 Å². The molecular formula is C18H21NO5. The van der Waals surface area contributed by atoms with E-state index in [1.54, 1.807) is 7.11 Å². The Morgan fingerprint density at radius 3 is 2.58 bits per heavy atom. The van der Waals surface area contributed by atoms with Crippen LogP contribution in [0.3, 0.4) is 0 Å². The second kappa shape index (κ2) is 7.68. The first-order valence-electron chi connectivity index (χ1n) is 7.67. The van der Waals surface area contributed by atoms with Gasteiger partial charge in [0.25, 0.3) is 5.91 Å². The Morgan fingerprint density at radius 1 is 1.29 bits per heavy atom. The molecule has 6 nitrogen and oxygen atoms in total. The van der Waals surface area contributed by atoms with Crippen molar-refractivity contribution in [3.8, 4) is 5.75 Å². The summed E-state index contributed by atoms with van der Waals surface area (Å²) in [5, 5.41) is 11.8. The highest BCUT2D eigenvalue weighted by Crippen LogP contribution is 2.21. The molecule has 2 aromatic rings. The Bertz CT molecular complexity index is 720. The zero-order valence-electron chi connectivity index (χ0n) is 13.9. The maximum Gasteiger partial charge on any atom is 0.338 e. The number of nitrogens with one attached hydrogen (secondary N) is 1. The fraction of sp³-hybridized carbons (Fsp3) is 0.333. The quantitative estimate of drug-likeness (QED) is 0.814. The fourth-order valence-electron chi connectivity index (χ4n) is 2.37. The van der Waals surface area contributed by atoms with Crippen molar-refractivity contribution < 1.29 is 23.8 Å². The van der Waals surface area contributed by atoms with Gasteiger partial charge >= 0.3 is 5.97 Å². The van der Waals surface area contributed by atoms with Crippen LogP contribution in [0, 0.1) is 5.92 Å². The average molecular weight is 331 g/mol. The number of carboxylic acids is 1. The predicted octanol–water partition coefficient (Wildman–Crippen LogP) is 2.98. The molecule has 1 atom stereocenters. The van der Waals surface area contributed by atoms with Gasteiger partial charge in [0, 0.05) is 12.1 Å². The molecule has 2 rings (SSSR count). The van der Waals surface area contributed by atoms with Gasteiger partial charge in [-0.15, -0.1) is 0 Å². The minimum Gasteiger partial charge on any atom is -0.496 e. The number of benzene rings is 1. The zero-order valence-corrected chi connectivity index (χ0v) is 13.9. The van der Waals surface area contributed by atoms with Crippen LogP contribution in [0.5, 0.6) is 5.75 Å². The Labute approximate surface area is 140 Å². The molecule has 0 fully saturated rings. The van der Waals surface area contributed by atoms with E-state index >= 15 is 0 Å². The highest BCUT2D eigenvalue weighted by Gasteiger charge is 2.22. The van der Waals surface area contributed by atoms with Crippen LogP contribution in [0.4, 0.5) is 0 Å². The summed E-state index contributed by atoms with van der Waals surface area (Å²) >= 11 is 0. The molecule has 0 bridgehead atoms. The molecule has 1 heterocycles. The lowest BCUT2D eigenvalue weighted by molar-refractivity contribution is 0.0695. The number of carboxylic acid groups (broad SMARTS) is 1. The van der Waals surface area contributed by atoms with Gasteiger partial charge < -0.3 is 19.6 Å². The molecule has 1 aromatic carbocycles. The number of rotatable bonds is 7. The molecule has 0 aliphatic heterocycles. The van der Waals surface area contributed by atoms with Gasteiger partial charge in [0.05, 0.1) is 12.7 Å². The van der Waals surface area contributed by atoms with Crippen molar-refractivity contribution in [2.24, 2.45) is 5.92 Å². The first kappa shape index (κ1) is 17.6. The van der Waals surface area contributed by atoms with Gasteiger partial charge in [0.2, 0.25) is 0 Å². The molecule has 0 aliphatic rings. The third-order valence-corrected chi connectivity index (χ3v) is 3.82. The number of ether oxygens (including phenoxy) is 1. The molecular weight excluding hydrogens is 310 g/mol. The van der Waals surface area contributed by atoms with E-state index < -0.39 is 11.9 Å². The van der Waals surface area contributed by atoms with Crippen molar-refractivity contribution in [2.45, 2.75) is 26.3 Å². The summed E-state index contributed by atoms with van der Waals surface area (Å²) in [7, 11) is 1.61. The lowest BCUT2D eigenvalue weighted by Gasteiger charge is -2.23. The van der Waals surface area contributed by atoms with Crippen molar-refractivity contribution in [2.75, 3.05) is 7.11 Å². The van der Waals surface area contributed by atoms with Gasteiger partial charge in [-0.1, -0.05) is 32.0 Å². The van der Waals surface area contributed by atoms with E-state index in [2.05, 4.69) is 5.32 Å². The molecule has 6 heteroatoms. The van der Waals surface area contributed by atoms with Crippen LogP contribution < -0.4 is 10.1 Å². The van der Waals surface area contributed by atoms with E-state index in [4.69, 9.17) is 14.3 Å². The van der Waals surface area contributed by atoms with Crippen molar-refractivity contribution in [1.82, 2.24) is 5.32 Å². The standard InChI is InChI=1S/C18H21NO5/c1-11(2)14(8-12-6-4-5-7-15(12)23-3)19-17(20)16-9-13(10-24-16)18(21)22/h4-7,9-11,14H,8H2,1-3H3,(H,19,20)(H,21,22). The van der Waals surface area contributed by atoms with E-state index in [1.807, 2.05) is 38.1 Å². The lowest BCUT2D eigenvalue weighted by Crippen LogP contribution is -2.40. The third-order valence-electron chi connectivity index (χ3n) is 3.82. The molecule has 1 aromatic heterocycles. The highest BCUT2D eigenvalue weighted by atomic mass is 16.5. The van der Waals surface area contributed by atoms with Crippen LogP contribution in [0.25, 0.3) is 0 Å². The molecule has 1 amide bonds. The fourth-order valence-corrected chi connectivity index (χ4v) is 2.37. The van der Waals surface area contributed by atoms with Crippen molar-refractivity contribution >= 4 is 11.9 Å². The number of carbonyl (C=O) groups is 2. The van der Waals surface area contributed by atoms with Crippen molar-refractivity contribution in [1.29, 1.82) is 0 Å². The molecule has 0 spiro atoms. The summed E-state index contributed by atoms with van der Waals surface area (Å²) < 4.78 is 10.4.